The maximum Gasteiger partial charge on any atom is 0.246 e. The lowest BCUT2D eigenvalue weighted by atomic mass is 10.3. The number of sulfonamides is 1. The van der Waals surface area contributed by atoms with Crippen molar-refractivity contribution in [1.82, 2.24) is 4.31 Å². The second-order valence-electron chi connectivity index (χ2n) is 4.75. The van der Waals surface area contributed by atoms with Crippen LogP contribution >= 0.6 is 0 Å². The summed E-state index contributed by atoms with van der Waals surface area (Å²) >= 11 is 0. The summed E-state index contributed by atoms with van der Waals surface area (Å²) in [7, 11) is -0.627. The van der Waals surface area contributed by atoms with Gasteiger partial charge in [0.25, 0.3) is 0 Å². The lowest BCUT2D eigenvalue weighted by Gasteiger charge is -2.27. The fourth-order valence-electron chi connectivity index (χ4n) is 2.09. The molecule has 8 heteroatoms. The third-order valence-corrected chi connectivity index (χ3v) is 5.25. The number of hydrogen-bond acceptors (Lipinski definition) is 6. The summed E-state index contributed by atoms with van der Waals surface area (Å²) in [6.07, 6.45) is 0. The first-order valence-electron chi connectivity index (χ1n) is 6.67. The van der Waals surface area contributed by atoms with Crippen molar-refractivity contribution >= 4 is 10.0 Å². The number of methoxy groups -OCH3 is 2. The van der Waals surface area contributed by atoms with Gasteiger partial charge in [0.05, 0.1) is 19.8 Å². The molecule has 0 aliphatic carbocycles. The highest BCUT2D eigenvalue weighted by Crippen LogP contribution is 2.25. The molecule has 0 radical (unpaired) electrons. The van der Waals surface area contributed by atoms with Crippen LogP contribution in [0.2, 0.25) is 0 Å². The lowest BCUT2D eigenvalue weighted by molar-refractivity contribution is 0.119. The van der Waals surface area contributed by atoms with Crippen LogP contribution in [0.25, 0.3) is 0 Å². The molecule has 0 aliphatic rings. The van der Waals surface area contributed by atoms with Crippen molar-refractivity contribution < 1.29 is 22.3 Å². The molecule has 0 aliphatic heterocycles. The van der Waals surface area contributed by atoms with Crippen LogP contribution in [-0.2, 0) is 26.0 Å². The van der Waals surface area contributed by atoms with Crippen molar-refractivity contribution in [3.63, 3.8) is 0 Å². The van der Waals surface area contributed by atoms with Gasteiger partial charge in [-0.1, -0.05) is 0 Å². The van der Waals surface area contributed by atoms with E-state index in [0.29, 0.717) is 24.7 Å². The standard InChI is InChI=1S/C13H24N2O5S/c1-10(9-19-4)15(5-6-18-3)21(16,17)13-7-12(8-14)20-11(13)2/h7,10H,5-6,8-9,14H2,1-4H3. The quantitative estimate of drug-likeness (QED) is 0.720. The minimum atomic E-state index is -3.69. The molecule has 21 heavy (non-hydrogen) atoms. The molecule has 0 aromatic carbocycles. The van der Waals surface area contributed by atoms with Gasteiger partial charge in [-0.05, 0) is 13.8 Å². The summed E-state index contributed by atoms with van der Waals surface area (Å²) in [5.74, 6) is 0.777. The highest BCUT2D eigenvalue weighted by atomic mass is 32.2. The molecule has 2 N–H and O–H groups in total. The summed E-state index contributed by atoms with van der Waals surface area (Å²) in [4.78, 5) is 0.141. The van der Waals surface area contributed by atoms with Crippen molar-refractivity contribution in [3.8, 4) is 0 Å². The Balaban J connectivity index is 3.15. The molecular formula is C13H24N2O5S. The largest absolute Gasteiger partial charge is 0.464 e. The van der Waals surface area contributed by atoms with Crippen LogP contribution in [0.3, 0.4) is 0 Å². The zero-order valence-electron chi connectivity index (χ0n) is 13.0. The van der Waals surface area contributed by atoms with E-state index < -0.39 is 10.0 Å². The Morgan fingerprint density at radius 2 is 2.05 bits per heavy atom. The Kier molecular flexibility index (Phi) is 6.82. The normalized spacial score (nSPS) is 13.8. The number of nitrogens with two attached hydrogens (primary N) is 1. The summed E-state index contributed by atoms with van der Waals surface area (Å²) < 4.78 is 42.4. The molecule has 0 amide bonds. The van der Waals surface area contributed by atoms with Crippen LogP contribution in [0.15, 0.2) is 15.4 Å². The van der Waals surface area contributed by atoms with Gasteiger partial charge in [0, 0.05) is 32.9 Å². The molecule has 1 aromatic heterocycles. The van der Waals surface area contributed by atoms with E-state index in [4.69, 9.17) is 19.6 Å². The summed E-state index contributed by atoms with van der Waals surface area (Å²) in [6.45, 7) is 4.39. The third-order valence-electron chi connectivity index (χ3n) is 3.13. The summed E-state index contributed by atoms with van der Waals surface area (Å²) in [5, 5.41) is 0. The minimum absolute atomic E-state index is 0.141. The van der Waals surface area contributed by atoms with Crippen LogP contribution in [0.1, 0.15) is 18.4 Å². The molecule has 1 unspecified atom stereocenters. The van der Waals surface area contributed by atoms with Crippen molar-refractivity contribution in [2.75, 3.05) is 34.0 Å². The zero-order chi connectivity index (χ0) is 16.0. The molecule has 122 valence electrons. The third kappa shape index (κ3) is 4.27. The van der Waals surface area contributed by atoms with E-state index in [1.165, 1.54) is 24.6 Å². The van der Waals surface area contributed by atoms with E-state index in [0.717, 1.165) is 0 Å². The Bertz CT molecular complexity index is 541. The Hall–Kier alpha value is -0.930. The first-order valence-corrected chi connectivity index (χ1v) is 8.11. The Morgan fingerprint density at radius 3 is 2.52 bits per heavy atom. The van der Waals surface area contributed by atoms with E-state index in [2.05, 4.69) is 0 Å². The number of hydrogen-bond donors (Lipinski definition) is 1. The Labute approximate surface area is 126 Å². The fraction of sp³-hybridized carbons (Fsp3) is 0.692. The minimum Gasteiger partial charge on any atom is -0.464 e. The van der Waals surface area contributed by atoms with E-state index in [1.54, 1.807) is 13.8 Å². The highest BCUT2D eigenvalue weighted by Gasteiger charge is 2.32. The maximum absolute atomic E-state index is 12.8. The van der Waals surface area contributed by atoms with Crippen LogP contribution < -0.4 is 5.73 Å². The van der Waals surface area contributed by atoms with Gasteiger partial charge in [-0.3, -0.25) is 0 Å². The van der Waals surface area contributed by atoms with Crippen LogP contribution in [0.4, 0.5) is 0 Å². The number of furan rings is 1. The van der Waals surface area contributed by atoms with Gasteiger partial charge >= 0.3 is 0 Å². The highest BCUT2D eigenvalue weighted by molar-refractivity contribution is 7.89. The average molecular weight is 320 g/mol. The molecule has 0 saturated carbocycles. The van der Waals surface area contributed by atoms with E-state index in [1.807, 2.05) is 0 Å². The molecule has 1 rings (SSSR count). The molecule has 0 saturated heterocycles. The van der Waals surface area contributed by atoms with Crippen LogP contribution in [-0.4, -0.2) is 52.7 Å². The van der Waals surface area contributed by atoms with Gasteiger partial charge in [-0.25, -0.2) is 8.42 Å². The van der Waals surface area contributed by atoms with Gasteiger partial charge < -0.3 is 19.6 Å². The molecule has 1 atom stereocenters. The number of ether oxygens (including phenoxy) is 2. The number of nitrogens with zero attached hydrogens (tertiary/aromatic N) is 1. The molecule has 7 nitrogen and oxygen atoms in total. The fourth-order valence-corrected chi connectivity index (χ4v) is 3.88. The second kappa shape index (κ2) is 7.90. The monoisotopic (exact) mass is 320 g/mol. The van der Waals surface area contributed by atoms with Crippen molar-refractivity contribution in [1.29, 1.82) is 0 Å². The molecule has 0 spiro atoms. The Morgan fingerprint density at radius 1 is 1.38 bits per heavy atom. The van der Waals surface area contributed by atoms with Gasteiger partial charge in [0.1, 0.15) is 16.4 Å². The maximum atomic E-state index is 12.8. The van der Waals surface area contributed by atoms with Crippen LogP contribution in [0.5, 0.6) is 0 Å². The predicted octanol–water partition coefficient (Wildman–Crippen LogP) is 0.719. The van der Waals surface area contributed by atoms with E-state index in [-0.39, 0.29) is 24.0 Å². The van der Waals surface area contributed by atoms with E-state index in [9.17, 15) is 8.42 Å². The average Bonchev–Trinajstić information content (AvgIpc) is 2.81. The molecule has 0 fully saturated rings. The number of rotatable bonds is 9. The molecule has 1 heterocycles. The molecule has 1 aromatic rings. The van der Waals surface area contributed by atoms with Crippen molar-refractivity contribution in [2.45, 2.75) is 31.3 Å². The van der Waals surface area contributed by atoms with Gasteiger partial charge in [-0.2, -0.15) is 4.31 Å². The van der Waals surface area contributed by atoms with Crippen molar-refractivity contribution in [2.24, 2.45) is 5.73 Å². The van der Waals surface area contributed by atoms with E-state index >= 15 is 0 Å². The topological polar surface area (TPSA) is 95.0 Å². The SMILES string of the molecule is COCCN(C(C)COC)S(=O)(=O)c1cc(CN)oc1C. The number of aryl methyl sites for hydroxylation is 1. The molecule has 0 bridgehead atoms. The predicted molar refractivity (Wildman–Crippen MR) is 78.4 cm³/mol. The van der Waals surface area contributed by atoms with Gasteiger partial charge in [0.15, 0.2) is 0 Å². The first-order chi connectivity index (χ1) is 9.88. The first kappa shape index (κ1) is 18.1. The van der Waals surface area contributed by atoms with Gasteiger partial charge in [0.2, 0.25) is 10.0 Å². The summed E-state index contributed by atoms with van der Waals surface area (Å²) in [6, 6.07) is 1.16. The van der Waals surface area contributed by atoms with Crippen molar-refractivity contribution in [3.05, 3.63) is 17.6 Å². The van der Waals surface area contributed by atoms with Crippen LogP contribution in [0, 0.1) is 6.92 Å². The lowest BCUT2D eigenvalue weighted by Crippen LogP contribution is -2.43. The smallest absolute Gasteiger partial charge is 0.246 e. The zero-order valence-corrected chi connectivity index (χ0v) is 13.8. The second-order valence-corrected chi connectivity index (χ2v) is 6.61. The molecular weight excluding hydrogens is 296 g/mol. The van der Waals surface area contributed by atoms with Gasteiger partial charge in [-0.15, -0.1) is 0 Å². The summed E-state index contributed by atoms with van der Waals surface area (Å²) in [5.41, 5.74) is 5.50.